The van der Waals surface area contributed by atoms with Gasteiger partial charge in [-0.3, -0.25) is 0 Å². The van der Waals surface area contributed by atoms with Gasteiger partial charge < -0.3 is 5.48 Å². The van der Waals surface area contributed by atoms with Crippen LogP contribution in [0.5, 0.6) is 0 Å². The first-order valence-corrected chi connectivity index (χ1v) is 3.75. The van der Waals surface area contributed by atoms with Crippen molar-refractivity contribution in [3.63, 3.8) is 0 Å². The summed E-state index contributed by atoms with van der Waals surface area (Å²) in [5, 5.41) is -0.141. The lowest BCUT2D eigenvalue weighted by Gasteiger charge is -2.21. The molecule has 5 heteroatoms. The summed E-state index contributed by atoms with van der Waals surface area (Å²) in [5.41, 5.74) is 0.603. The first kappa shape index (κ1) is 10.3. The van der Waals surface area contributed by atoms with Crippen molar-refractivity contribution in [3.05, 3.63) is 33.8 Å². The van der Waals surface area contributed by atoms with Crippen LogP contribution in [0.4, 0.5) is 13.2 Å². The van der Waals surface area contributed by atoms with Crippen molar-refractivity contribution >= 4 is 11.6 Å². The maximum atomic E-state index is 12.2. The Morgan fingerprint density at radius 2 is 1.77 bits per heavy atom. The van der Waals surface area contributed by atoms with E-state index in [4.69, 9.17) is 11.6 Å². The predicted molar refractivity (Wildman–Crippen MR) is 42.9 cm³/mol. The van der Waals surface area contributed by atoms with Crippen molar-refractivity contribution in [2.24, 2.45) is 0 Å². The third-order valence-electron chi connectivity index (χ3n) is 1.91. The minimum absolute atomic E-state index is 0. The van der Waals surface area contributed by atoms with E-state index >= 15 is 0 Å². The largest absolute Gasteiger partial charge is 0.417 e. The zero-order valence-electron chi connectivity index (χ0n) is 6.37. The molecule has 2 bridgehead atoms. The topological polar surface area (TPSA) is 31.5 Å². The highest BCUT2D eigenvalue weighted by atomic mass is 35.5. The van der Waals surface area contributed by atoms with E-state index in [1.165, 1.54) is 0 Å². The van der Waals surface area contributed by atoms with Crippen molar-refractivity contribution in [3.8, 4) is 0 Å². The summed E-state index contributed by atoms with van der Waals surface area (Å²) in [6.45, 7) is 0. The molecule has 2 aliphatic carbocycles. The molecule has 0 aliphatic heterocycles. The average Bonchev–Trinajstić information content (AvgIpc) is 1.81. The third-order valence-corrected chi connectivity index (χ3v) is 2.35. The molecule has 0 saturated carbocycles. The summed E-state index contributed by atoms with van der Waals surface area (Å²) in [4.78, 5) is 0. The van der Waals surface area contributed by atoms with Gasteiger partial charge in [-0.15, -0.1) is 0 Å². The first-order chi connectivity index (χ1) is 5.48. The first-order valence-electron chi connectivity index (χ1n) is 3.37. The number of benzene rings is 1. The van der Waals surface area contributed by atoms with Crippen LogP contribution in [0.1, 0.15) is 16.7 Å². The van der Waals surface area contributed by atoms with E-state index in [1.54, 1.807) is 6.07 Å². The predicted octanol–water partition coefficient (Wildman–Crippen LogP) is 2.44. The van der Waals surface area contributed by atoms with Gasteiger partial charge in [-0.1, -0.05) is 17.7 Å². The number of hydrogen-bond donors (Lipinski definition) is 0. The van der Waals surface area contributed by atoms with Gasteiger partial charge in [0.2, 0.25) is 0 Å². The minimum atomic E-state index is -4.32. The van der Waals surface area contributed by atoms with E-state index in [0.29, 0.717) is 17.5 Å². The summed E-state index contributed by atoms with van der Waals surface area (Å²) in [6.07, 6.45) is -3.74. The Bertz CT molecular complexity index is 346. The molecule has 0 radical (unpaired) electrons. The fourth-order valence-corrected chi connectivity index (χ4v) is 1.56. The Morgan fingerprint density at radius 1 is 1.23 bits per heavy atom. The van der Waals surface area contributed by atoms with Gasteiger partial charge in [-0.25, -0.2) is 0 Å². The van der Waals surface area contributed by atoms with Crippen molar-refractivity contribution in [2.75, 3.05) is 0 Å². The number of fused-ring (bicyclic) bond motifs is 2. The zero-order valence-corrected chi connectivity index (χ0v) is 7.13. The summed E-state index contributed by atoms with van der Waals surface area (Å²) in [7, 11) is 0. The van der Waals surface area contributed by atoms with Crippen LogP contribution in [0.3, 0.4) is 0 Å². The van der Waals surface area contributed by atoms with Gasteiger partial charge >= 0.3 is 6.18 Å². The molecule has 0 fully saturated rings. The van der Waals surface area contributed by atoms with Gasteiger partial charge in [0, 0.05) is 0 Å². The highest BCUT2D eigenvalue weighted by Gasteiger charge is 2.36. The second-order valence-electron chi connectivity index (χ2n) is 2.79. The van der Waals surface area contributed by atoms with Crippen LogP contribution >= 0.6 is 11.6 Å². The Balaban J connectivity index is 0.000000845. The maximum absolute atomic E-state index is 12.2. The van der Waals surface area contributed by atoms with Gasteiger partial charge in [0.1, 0.15) is 0 Å². The zero-order chi connectivity index (χ0) is 8.93. The van der Waals surface area contributed by atoms with Gasteiger partial charge in [0.05, 0.1) is 10.6 Å². The molecule has 0 spiro atoms. The Kier molecular flexibility index (Phi) is 2.30. The van der Waals surface area contributed by atoms with Crippen LogP contribution in [0.15, 0.2) is 12.1 Å². The molecule has 2 N–H and O–H groups in total. The summed E-state index contributed by atoms with van der Waals surface area (Å²) in [5.74, 6) is 0. The second kappa shape index (κ2) is 2.89. The molecule has 2 aliphatic rings. The molecule has 3 rings (SSSR count). The third kappa shape index (κ3) is 1.51. The van der Waals surface area contributed by atoms with Crippen LogP contribution in [-0.2, 0) is 12.6 Å². The van der Waals surface area contributed by atoms with E-state index in [9.17, 15) is 13.2 Å². The van der Waals surface area contributed by atoms with E-state index in [-0.39, 0.29) is 10.5 Å². The van der Waals surface area contributed by atoms with Crippen LogP contribution in [0.2, 0.25) is 5.02 Å². The van der Waals surface area contributed by atoms with Gasteiger partial charge in [-0.2, -0.15) is 13.2 Å². The molecule has 0 unspecified atom stereocenters. The number of alkyl halides is 3. The molecule has 1 aromatic carbocycles. The molecule has 0 atom stereocenters. The molecule has 72 valence electrons. The molecular formula is C8H6ClF3O. The van der Waals surface area contributed by atoms with Crippen LogP contribution < -0.4 is 0 Å². The monoisotopic (exact) mass is 210 g/mol. The standard InChI is InChI=1S/C8H4ClF3.H2O/c9-7-5-1-4(2-5)3-6(7)8(10,11)12;/h1,3H,2H2;1H2. The SMILES string of the molecule is FC(F)(F)c1cc2cc(c1Cl)C2.O. The quantitative estimate of drug-likeness (QED) is 0.640. The van der Waals surface area contributed by atoms with Gasteiger partial charge in [-0.05, 0) is 23.6 Å². The number of halogens is 4. The Labute approximate surface area is 77.4 Å². The van der Waals surface area contributed by atoms with Crippen molar-refractivity contribution < 1.29 is 18.6 Å². The van der Waals surface area contributed by atoms with Crippen LogP contribution in [0, 0.1) is 0 Å². The van der Waals surface area contributed by atoms with Crippen molar-refractivity contribution in [1.82, 2.24) is 0 Å². The van der Waals surface area contributed by atoms with Crippen molar-refractivity contribution in [2.45, 2.75) is 12.6 Å². The molecule has 0 heterocycles. The molecular weight excluding hydrogens is 205 g/mol. The molecule has 0 saturated heterocycles. The van der Waals surface area contributed by atoms with E-state index in [0.717, 1.165) is 6.07 Å². The number of hydrogen-bond acceptors (Lipinski definition) is 0. The molecule has 1 nitrogen and oxygen atoms in total. The van der Waals surface area contributed by atoms with E-state index < -0.39 is 11.7 Å². The molecule has 0 aromatic heterocycles. The highest BCUT2D eigenvalue weighted by Crippen LogP contribution is 2.41. The summed E-state index contributed by atoms with van der Waals surface area (Å²) in [6, 6.07) is 2.78. The Hall–Kier alpha value is -0.740. The second-order valence-corrected chi connectivity index (χ2v) is 3.17. The van der Waals surface area contributed by atoms with E-state index in [2.05, 4.69) is 0 Å². The summed E-state index contributed by atoms with van der Waals surface area (Å²) >= 11 is 5.50. The van der Waals surface area contributed by atoms with Gasteiger partial charge in [0.15, 0.2) is 0 Å². The molecule has 0 amide bonds. The number of rotatable bonds is 0. The van der Waals surface area contributed by atoms with E-state index in [1.807, 2.05) is 0 Å². The van der Waals surface area contributed by atoms with Gasteiger partial charge in [0.25, 0.3) is 0 Å². The lowest BCUT2D eigenvalue weighted by atomic mass is 9.90. The Morgan fingerprint density at radius 3 is 2.08 bits per heavy atom. The minimum Gasteiger partial charge on any atom is -0.412 e. The fourth-order valence-electron chi connectivity index (χ4n) is 1.28. The molecule has 13 heavy (non-hydrogen) atoms. The summed E-state index contributed by atoms with van der Waals surface area (Å²) < 4.78 is 36.5. The fraction of sp³-hybridized carbons (Fsp3) is 0.250. The lowest BCUT2D eigenvalue weighted by molar-refractivity contribution is -0.137. The normalized spacial score (nSPS) is 13.2. The van der Waals surface area contributed by atoms with Crippen LogP contribution in [-0.4, -0.2) is 5.48 Å². The van der Waals surface area contributed by atoms with Crippen LogP contribution in [0.25, 0.3) is 0 Å². The van der Waals surface area contributed by atoms with Crippen molar-refractivity contribution in [1.29, 1.82) is 0 Å². The lowest BCUT2D eigenvalue weighted by Crippen LogP contribution is -2.13. The highest BCUT2D eigenvalue weighted by molar-refractivity contribution is 6.32. The molecule has 1 aromatic rings. The maximum Gasteiger partial charge on any atom is 0.417 e. The average molecular weight is 211 g/mol. The smallest absolute Gasteiger partial charge is 0.412 e.